The predicted octanol–water partition coefficient (Wildman–Crippen LogP) is 7.36. The van der Waals surface area contributed by atoms with Gasteiger partial charge in [0.1, 0.15) is 5.01 Å². The van der Waals surface area contributed by atoms with Gasteiger partial charge in [-0.1, -0.05) is 59.6 Å². The molecule has 0 atom stereocenters. The number of aromatic nitrogens is 1. The molecule has 3 aromatic carbocycles. The summed E-state index contributed by atoms with van der Waals surface area (Å²) >= 11 is 13.4. The van der Waals surface area contributed by atoms with Gasteiger partial charge < -0.3 is 5.32 Å². The Hall–Kier alpha value is -2.66. The largest absolute Gasteiger partial charge is 0.326 e. The number of benzene rings is 3. The lowest BCUT2D eigenvalue weighted by Gasteiger charge is -2.06. The fraction of sp³-hybridized carbons (Fsp3) is 0.0833. The smallest absolute Gasteiger partial charge is 0.224 e. The van der Waals surface area contributed by atoms with Crippen molar-refractivity contribution >= 4 is 46.1 Å². The van der Waals surface area contributed by atoms with Crippen LogP contribution in [-0.4, -0.2) is 10.9 Å². The van der Waals surface area contributed by atoms with Crippen LogP contribution in [-0.2, 0) is 11.2 Å². The number of rotatable bonds is 6. The number of carbonyl (C=O) groups is 1. The molecule has 0 saturated carbocycles. The number of nitrogens with zero attached hydrogens (tertiary/aromatic N) is 1. The van der Waals surface area contributed by atoms with Gasteiger partial charge in [0, 0.05) is 38.7 Å². The normalized spacial score (nSPS) is 10.7. The van der Waals surface area contributed by atoms with Crippen molar-refractivity contribution in [2.75, 3.05) is 5.32 Å². The minimum Gasteiger partial charge on any atom is -0.326 e. The molecule has 6 heteroatoms. The molecule has 1 heterocycles. The van der Waals surface area contributed by atoms with Crippen molar-refractivity contribution in [2.45, 2.75) is 12.8 Å². The fourth-order valence-electron chi connectivity index (χ4n) is 2.99. The summed E-state index contributed by atoms with van der Waals surface area (Å²) in [5, 5.41) is 7.33. The molecule has 1 amide bonds. The average Bonchev–Trinajstić information content (AvgIpc) is 3.25. The predicted molar refractivity (Wildman–Crippen MR) is 126 cm³/mol. The van der Waals surface area contributed by atoms with E-state index in [1.165, 1.54) is 0 Å². The van der Waals surface area contributed by atoms with Gasteiger partial charge >= 0.3 is 0 Å². The highest BCUT2D eigenvalue weighted by molar-refractivity contribution is 7.13. The molecule has 0 bridgehead atoms. The van der Waals surface area contributed by atoms with Gasteiger partial charge in [0.25, 0.3) is 0 Å². The van der Waals surface area contributed by atoms with E-state index >= 15 is 0 Å². The van der Waals surface area contributed by atoms with E-state index in [4.69, 9.17) is 28.2 Å². The van der Waals surface area contributed by atoms with E-state index in [-0.39, 0.29) is 5.91 Å². The lowest BCUT2D eigenvalue weighted by Crippen LogP contribution is -2.12. The number of thiazole rings is 1. The molecule has 0 aliphatic heterocycles. The van der Waals surface area contributed by atoms with E-state index in [9.17, 15) is 4.79 Å². The van der Waals surface area contributed by atoms with Crippen molar-refractivity contribution in [3.8, 4) is 21.8 Å². The standard InChI is InChI=1S/C24H18Cl2N2OS/c25-19-8-1-16(2-9-19)3-14-23(29)27-21-12-6-17(7-13-21)22-15-30-24(28-22)18-4-10-20(26)11-5-18/h1-2,4-13,15H,3,14H2,(H,27,29). The third kappa shape index (κ3) is 5.28. The van der Waals surface area contributed by atoms with Crippen LogP contribution in [0.15, 0.2) is 78.2 Å². The second kappa shape index (κ2) is 9.43. The molecule has 4 aromatic rings. The number of hydrogen-bond acceptors (Lipinski definition) is 3. The molecule has 4 rings (SSSR count). The zero-order valence-electron chi connectivity index (χ0n) is 15.9. The van der Waals surface area contributed by atoms with Crippen molar-refractivity contribution in [1.29, 1.82) is 0 Å². The zero-order valence-corrected chi connectivity index (χ0v) is 18.3. The quantitative estimate of drug-likeness (QED) is 0.332. The number of hydrogen-bond donors (Lipinski definition) is 1. The van der Waals surface area contributed by atoms with Gasteiger partial charge in [0.15, 0.2) is 0 Å². The molecule has 1 N–H and O–H groups in total. The Morgan fingerprint density at radius 1 is 0.833 bits per heavy atom. The molecule has 3 nitrogen and oxygen atoms in total. The molecule has 1 aromatic heterocycles. The van der Waals surface area contributed by atoms with E-state index < -0.39 is 0 Å². The Labute approximate surface area is 189 Å². The third-order valence-corrected chi connectivity index (χ3v) is 6.01. The minimum atomic E-state index is -0.0172. The lowest BCUT2D eigenvalue weighted by molar-refractivity contribution is -0.116. The Morgan fingerprint density at radius 2 is 1.43 bits per heavy atom. The van der Waals surface area contributed by atoms with E-state index in [1.54, 1.807) is 11.3 Å². The van der Waals surface area contributed by atoms with Crippen LogP contribution >= 0.6 is 34.5 Å². The summed E-state index contributed by atoms with van der Waals surface area (Å²) in [5.74, 6) is -0.0172. The molecular weight excluding hydrogens is 435 g/mol. The topological polar surface area (TPSA) is 42.0 Å². The zero-order chi connectivity index (χ0) is 20.9. The summed E-state index contributed by atoms with van der Waals surface area (Å²) in [4.78, 5) is 17.0. The van der Waals surface area contributed by atoms with Gasteiger partial charge in [0.2, 0.25) is 5.91 Å². The number of nitrogens with one attached hydrogen (secondary N) is 1. The first-order chi connectivity index (χ1) is 14.6. The Bertz CT molecular complexity index is 1140. The minimum absolute atomic E-state index is 0.0172. The maximum absolute atomic E-state index is 12.2. The summed E-state index contributed by atoms with van der Waals surface area (Å²) in [6.07, 6.45) is 1.09. The molecule has 0 aliphatic rings. The summed E-state index contributed by atoms with van der Waals surface area (Å²) < 4.78 is 0. The van der Waals surface area contributed by atoms with Gasteiger partial charge in [0.05, 0.1) is 5.69 Å². The average molecular weight is 453 g/mol. The Kier molecular flexibility index (Phi) is 6.48. The summed E-state index contributed by atoms with van der Waals surface area (Å²) in [5.41, 5.74) is 4.81. The fourth-order valence-corrected chi connectivity index (χ4v) is 4.08. The first kappa shape index (κ1) is 20.6. The lowest BCUT2D eigenvalue weighted by atomic mass is 10.1. The number of anilines is 1. The van der Waals surface area contributed by atoms with Crippen molar-refractivity contribution in [3.05, 3.63) is 93.8 Å². The van der Waals surface area contributed by atoms with Gasteiger partial charge in [-0.2, -0.15) is 0 Å². The summed E-state index contributed by atoms with van der Waals surface area (Å²) in [6, 6.07) is 23.0. The van der Waals surface area contributed by atoms with Crippen molar-refractivity contribution < 1.29 is 4.79 Å². The molecular formula is C24H18Cl2N2OS. The molecule has 0 saturated heterocycles. The molecule has 30 heavy (non-hydrogen) atoms. The Morgan fingerprint density at radius 3 is 2.10 bits per heavy atom. The first-order valence-electron chi connectivity index (χ1n) is 9.43. The SMILES string of the molecule is O=C(CCc1ccc(Cl)cc1)Nc1ccc(-c2csc(-c3ccc(Cl)cc3)n2)cc1. The summed E-state index contributed by atoms with van der Waals surface area (Å²) in [6.45, 7) is 0. The van der Waals surface area contributed by atoms with E-state index in [2.05, 4.69) is 5.32 Å². The van der Waals surface area contributed by atoms with E-state index in [1.807, 2.05) is 78.2 Å². The molecule has 0 spiro atoms. The monoisotopic (exact) mass is 452 g/mol. The maximum Gasteiger partial charge on any atom is 0.224 e. The highest BCUT2D eigenvalue weighted by atomic mass is 35.5. The number of carbonyl (C=O) groups excluding carboxylic acids is 1. The highest BCUT2D eigenvalue weighted by Gasteiger charge is 2.08. The third-order valence-electron chi connectivity index (χ3n) is 4.61. The van der Waals surface area contributed by atoms with Crippen LogP contribution in [0.1, 0.15) is 12.0 Å². The van der Waals surface area contributed by atoms with Gasteiger partial charge in [-0.3, -0.25) is 4.79 Å². The van der Waals surface area contributed by atoms with Crippen LogP contribution in [0.3, 0.4) is 0 Å². The molecule has 0 radical (unpaired) electrons. The van der Waals surface area contributed by atoms with Crippen molar-refractivity contribution in [3.63, 3.8) is 0 Å². The van der Waals surface area contributed by atoms with Crippen LogP contribution in [0.5, 0.6) is 0 Å². The highest BCUT2D eigenvalue weighted by Crippen LogP contribution is 2.30. The molecule has 0 aliphatic carbocycles. The maximum atomic E-state index is 12.2. The van der Waals surface area contributed by atoms with Gasteiger partial charge in [-0.05, 0) is 48.4 Å². The first-order valence-corrected chi connectivity index (χ1v) is 11.1. The van der Waals surface area contributed by atoms with Gasteiger partial charge in [-0.25, -0.2) is 4.98 Å². The van der Waals surface area contributed by atoms with Crippen LogP contribution in [0, 0.1) is 0 Å². The molecule has 150 valence electrons. The molecule has 0 fully saturated rings. The second-order valence-electron chi connectivity index (χ2n) is 6.80. The van der Waals surface area contributed by atoms with E-state index in [0.29, 0.717) is 22.9 Å². The summed E-state index contributed by atoms with van der Waals surface area (Å²) in [7, 11) is 0. The number of aryl methyl sites for hydroxylation is 1. The number of amides is 1. The van der Waals surface area contributed by atoms with Crippen LogP contribution < -0.4 is 5.32 Å². The molecule has 0 unspecified atom stereocenters. The van der Waals surface area contributed by atoms with Crippen LogP contribution in [0.2, 0.25) is 10.0 Å². The Balaban J connectivity index is 1.36. The van der Waals surface area contributed by atoms with E-state index in [0.717, 1.165) is 33.1 Å². The van der Waals surface area contributed by atoms with Gasteiger partial charge in [-0.15, -0.1) is 11.3 Å². The second-order valence-corrected chi connectivity index (χ2v) is 8.53. The van der Waals surface area contributed by atoms with Crippen molar-refractivity contribution in [2.24, 2.45) is 0 Å². The van der Waals surface area contributed by atoms with Crippen LogP contribution in [0.25, 0.3) is 21.8 Å². The van der Waals surface area contributed by atoms with Crippen LogP contribution in [0.4, 0.5) is 5.69 Å². The van der Waals surface area contributed by atoms with Crippen molar-refractivity contribution in [1.82, 2.24) is 4.98 Å². The number of halogens is 2.